The lowest BCUT2D eigenvalue weighted by Gasteiger charge is -2.24. The number of carbonyl (C=O) groups excluding carboxylic acids is 1. The second-order valence-corrected chi connectivity index (χ2v) is 8.08. The highest BCUT2D eigenvalue weighted by Crippen LogP contribution is 2.23. The van der Waals surface area contributed by atoms with Crippen molar-refractivity contribution in [2.24, 2.45) is 0 Å². The molecule has 0 aliphatic heterocycles. The van der Waals surface area contributed by atoms with Crippen molar-refractivity contribution in [3.05, 3.63) is 70.0 Å². The van der Waals surface area contributed by atoms with Crippen LogP contribution in [0.15, 0.2) is 53.3 Å². The number of urea groups is 1. The van der Waals surface area contributed by atoms with E-state index in [-0.39, 0.29) is 18.1 Å². The van der Waals surface area contributed by atoms with E-state index in [4.69, 9.17) is 4.74 Å². The van der Waals surface area contributed by atoms with Crippen molar-refractivity contribution in [2.75, 3.05) is 39.6 Å². The predicted molar refractivity (Wildman–Crippen MR) is 124 cm³/mol. The molecule has 0 spiro atoms. The molecule has 3 N–H and O–H groups in total. The fourth-order valence-electron chi connectivity index (χ4n) is 3.51. The van der Waals surface area contributed by atoms with Gasteiger partial charge in [-0.25, -0.2) is 4.79 Å². The SMILES string of the molecule is COc1ccccc1NC(=O)N(CCC[NH+](C)C)Cc1cc2cc(C)ccc2[nH]c1=O. The normalized spacial score (nSPS) is 11.0. The molecular formula is C24H31N4O3+. The van der Waals surface area contributed by atoms with Crippen LogP contribution >= 0.6 is 0 Å². The summed E-state index contributed by atoms with van der Waals surface area (Å²) < 4.78 is 5.34. The first kappa shape index (κ1) is 22.4. The number of aromatic nitrogens is 1. The number of pyridine rings is 1. The lowest BCUT2D eigenvalue weighted by molar-refractivity contribution is -0.858. The zero-order chi connectivity index (χ0) is 22.4. The number of hydrogen-bond donors (Lipinski definition) is 3. The number of anilines is 1. The summed E-state index contributed by atoms with van der Waals surface area (Å²) in [6.07, 6.45) is 0.826. The Kier molecular flexibility index (Phi) is 7.31. The first-order chi connectivity index (χ1) is 14.9. The average molecular weight is 424 g/mol. The molecule has 0 unspecified atom stereocenters. The van der Waals surface area contributed by atoms with Crippen LogP contribution in [0.1, 0.15) is 17.5 Å². The van der Waals surface area contributed by atoms with E-state index < -0.39 is 0 Å². The summed E-state index contributed by atoms with van der Waals surface area (Å²) in [5.74, 6) is 0.590. The summed E-state index contributed by atoms with van der Waals surface area (Å²) >= 11 is 0. The lowest BCUT2D eigenvalue weighted by atomic mass is 10.1. The fourth-order valence-corrected chi connectivity index (χ4v) is 3.51. The van der Waals surface area contributed by atoms with Crippen LogP contribution in [0, 0.1) is 6.92 Å². The first-order valence-electron chi connectivity index (χ1n) is 10.5. The van der Waals surface area contributed by atoms with Crippen molar-refractivity contribution in [2.45, 2.75) is 19.9 Å². The number of hydrogen-bond acceptors (Lipinski definition) is 3. The number of carbonyl (C=O) groups is 1. The number of ether oxygens (including phenoxy) is 1. The van der Waals surface area contributed by atoms with E-state index in [2.05, 4.69) is 24.4 Å². The zero-order valence-corrected chi connectivity index (χ0v) is 18.6. The van der Waals surface area contributed by atoms with Crippen molar-refractivity contribution in [3.8, 4) is 5.75 Å². The minimum atomic E-state index is -0.262. The van der Waals surface area contributed by atoms with Crippen molar-refractivity contribution < 1.29 is 14.4 Å². The average Bonchev–Trinajstić information content (AvgIpc) is 2.73. The van der Waals surface area contributed by atoms with E-state index in [1.54, 1.807) is 24.1 Å². The smallest absolute Gasteiger partial charge is 0.322 e. The fraction of sp³-hybridized carbons (Fsp3) is 0.333. The Morgan fingerprint density at radius 2 is 1.94 bits per heavy atom. The van der Waals surface area contributed by atoms with Crippen LogP contribution in [0.25, 0.3) is 10.9 Å². The molecule has 0 fully saturated rings. The first-order valence-corrected chi connectivity index (χ1v) is 10.5. The van der Waals surface area contributed by atoms with Gasteiger partial charge < -0.3 is 24.8 Å². The quantitative estimate of drug-likeness (QED) is 0.521. The summed E-state index contributed by atoms with van der Waals surface area (Å²) in [5, 5.41) is 3.88. The van der Waals surface area contributed by atoms with Gasteiger partial charge in [0.15, 0.2) is 0 Å². The van der Waals surface area contributed by atoms with E-state index in [1.807, 2.05) is 43.3 Å². The van der Waals surface area contributed by atoms with Crippen LogP contribution in [0.4, 0.5) is 10.5 Å². The monoisotopic (exact) mass is 423 g/mol. The van der Waals surface area contributed by atoms with Gasteiger partial charge in [-0.15, -0.1) is 0 Å². The highest BCUT2D eigenvalue weighted by molar-refractivity contribution is 5.91. The molecule has 164 valence electrons. The summed E-state index contributed by atoms with van der Waals surface area (Å²) in [6.45, 7) is 3.70. The van der Waals surface area contributed by atoms with Gasteiger partial charge >= 0.3 is 6.03 Å². The summed E-state index contributed by atoms with van der Waals surface area (Å²) in [4.78, 5) is 31.7. The van der Waals surface area contributed by atoms with Gasteiger partial charge in [0.05, 0.1) is 40.0 Å². The Labute approximate surface area is 182 Å². The topological polar surface area (TPSA) is 78.9 Å². The van der Waals surface area contributed by atoms with Crippen molar-refractivity contribution in [1.82, 2.24) is 9.88 Å². The molecule has 1 heterocycles. The Balaban J connectivity index is 1.86. The molecular weight excluding hydrogens is 392 g/mol. The van der Waals surface area contributed by atoms with Crippen molar-refractivity contribution in [3.63, 3.8) is 0 Å². The van der Waals surface area contributed by atoms with E-state index in [0.717, 1.165) is 29.4 Å². The van der Waals surface area contributed by atoms with Gasteiger partial charge in [-0.1, -0.05) is 23.8 Å². The third-order valence-electron chi connectivity index (χ3n) is 5.18. The van der Waals surface area contributed by atoms with Gasteiger partial charge in [-0.05, 0) is 42.6 Å². The van der Waals surface area contributed by atoms with Crippen LogP contribution in [-0.2, 0) is 6.54 Å². The molecule has 1 aromatic heterocycles. The molecule has 7 heteroatoms. The van der Waals surface area contributed by atoms with Gasteiger partial charge in [-0.3, -0.25) is 4.79 Å². The summed E-state index contributed by atoms with van der Waals surface area (Å²) in [7, 11) is 5.73. The summed E-state index contributed by atoms with van der Waals surface area (Å²) in [6, 6.07) is 14.8. The molecule has 0 saturated carbocycles. The molecule has 2 amide bonds. The van der Waals surface area contributed by atoms with Gasteiger partial charge in [-0.2, -0.15) is 0 Å². The maximum atomic E-state index is 13.1. The number of benzene rings is 2. The zero-order valence-electron chi connectivity index (χ0n) is 18.6. The maximum absolute atomic E-state index is 13.1. The van der Waals surface area contributed by atoms with Gasteiger partial charge in [0.2, 0.25) is 0 Å². The number of amides is 2. The molecule has 7 nitrogen and oxygen atoms in total. The van der Waals surface area contributed by atoms with E-state index >= 15 is 0 Å². The van der Waals surface area contributed by atoms with Crippen LogP contribution in [0.5, 0.6) is 5.75 Å². The minimum absolute atomic E-state index is 0.176. The number of methoxy groups -OCH3 is 1. The molecule has 31 heavy (non-hydrogen) atoms. The Hall–Kier alpha value is -3.32. The Bertz CT molecular complexity index is 1110. The standard InChI is InChI=1S/C24H30N4O3/c1-17-10-11-20-18(14-17)15-19(23(29)25-20)16-28(13-7-12-27(2)3)24(30)26-21-8-5-6-9-22(21)31-4/h5-6,8-11,14-15H,7,12-13,16H2,1-4H3,(H,25,29)(H,26,30)/p+1. The van der Waals surface area contributed by atoms with E-state index in [1.165, 1.54) is 4.90 Å². The minimum Gasteiger partial charge on any atom is -0.495 e. The molecule has 3 rings (SSSR count). The Morgan fingerprint density at radius 3 is 2.68 bits per heavy atom. The molecule has 3 aromatic rings. The van der Waals surface area contributed by atoms with Crippen LogP contribution < -0.4 is 20.5 Å². The van der Waals surface area contributed by atoms with Gasteiger partial charge in [0.25, 0.3) is 5.56 Å². The molecule has 2 aromatic carbocycles. The second kappa shape index (κ2) is 10.1. The Morgan fingerprint density at radius 1 is 1.16 bits per heavy atom. The van der Waals surface area contributed by atoms with E-state index in [0.29, 0.717) is 23.5 Å². The highest BCUT2D eigenvalue weighted by atomic mass is 16.5. The third kappa shape index (κ3) is 5.86. The number of aromatic amines is 1. The maximum Gasteiger partial charge on any atom is 0.322 e. The second-order valence-electron chi connectivity index (χ2n) is 8.08. The lowest BCUT2D eigenvalue weighted by Crippen LogP contribution is -3.05. The van der Waals surface area contributed by atoms with E-state index in [9.17, 15) is 9.59 Å². The largest absolute Gasteiger partial charge is 0.495 e. The van der Waals surface area contributed by atoms with Crippen LogP contribution in [-0.4, -0.2) is 50.2 Å². The number of para-hydroxylation sites is 2. The molecule has 0 aliphatic rings. The number of rotatable bonds is 8. The van der Waals surface area contributed by atoms with Crippen LogP contribution in [0.2, 0.25) is 0 Å². The number of nitrogens with zero attached hydrogens (tertiary/aromatic N) is 1. The highest BCUT2D eigenvalue weighted by Gasteiger charge is 2.18. The number of quaternary nitrogens is 1. The number of H-pyrrole nitrogens is 1. The molecule has 0 saturated heterocycles. The summed E-state index contributed by atoms with van der Waals surface area (Å²) in [5.41, 5.74) is 2.89. The van der Waals surface area contributed by atoms with Crippen molar-refractivity contribution in [1.29, 1.82) is 0 Å². The molecule has 0 bridgehead atoms. The van der Waals surface area contributed by atoms with Crippen molar-refractivity contribution >= 4 is 22.6 Å². The molecule has 0 aliphatic carbocycles. The third-order valence-corrected chi connectivity index (χ3v) is 5.18. The molecule has 0 atom stereocenters. The predicted octanol–water partition coefficient (Wildman–Crippen LogP) is 2.41. The number of aryl methyl sites for hydroxylation is 1. The van der Waals surface area contributed by atoms with Crippen LogP contribution in [0.3, 0.4) is 0 Å². The number of fused-ring (bicyclic) bond motifs is 1. The van der Waals surface area contributed by atoms with Gasteiger partial charge in [0.1, 0.15) is 5.75 Å². The molecule has 0 radical (unpaired) electrons. The van der Waals surface area contributed by atoms with Gasteiger partial charge in [0, 0.05) is 24.0 Å². The number of nitrogens with one attached hydrogen (secondary N) is 3.